The number of aromatic amines is 1. The summed E-state index contributed by atoms with van der Waals surface area (Å²) in [5.74, 6) is 0. The lowest BCUT2D eigenvalue weighted by molar-refractivity contribution is 1.07. The first kappa shape index (κ1) is 7.03. The minimum absolute atomic E-state index is 1.04. The van der Waals surface area contributed by atoms with Gasteiger partial charge in [-0.3, -0.25) is 5.10 Å². The second-order valence-corrected chi connectivity index (χ2v) is 3.85. The second-order valence-electron chi connectivity index (χ2n) is 3.00. The fourth-order valence-corrected chi connectivity index (χ4v) is 2.33. The van der Waals surface area contributed by atoms with Crippen LogP contribution < -0.4 is 0 Å². The van der Waals surface area contributed by atoms with Crippen LogP contribution in [-0.2, 0) is 0 Å². The predicted molar refractivity (Wildman–Crippen MR) is 54.0 cm³/mol. The number of hydrogen-bond donors (Lipinski definition) is 1. The average Bonchev–Trinajstić information content (AvgIpc) is 2.70. The maximum Gasteiger partial charge on any atom is 0.0847 e. The van der Waals surface area contributed by atoms with Gasteiger partial charge in [0.25, 0.3) is 0 Å². The van der Waals surface area contributed by atoms with Gasteiger partial charge in [0.1, 0.15) is 0 Å². The van der Waals surface area contributed by atoms with E-state index in [1.54, 1.807) is 11.3 Å². The third-order valence-electron chi connectivity index (χ3n) is 2.22. The van der Waals surface area contributed by atoms with E-state index in [0.29, 0.717) is 0 Å². The van der Waals surface area contributed by atoms with E-state index in [2.05, 4.69) is 21.2 Å². The lowest BCUT2D eigenvalue weighted by Gasteiger charge is -1.90. The standard InChI is InChI=1S/C9H7N3S/c1-5-6-2-3-7-9(13-4-10-7)8(6)12-11-5/h2-4H,1H3,(H,11,12). The molecule has 13 heavy (non-hydrogen) atoms. The van der Waals surface area contributed by atoms with Crippen LogP contribution in [0.15, 0.2) is 17.6 Å². The summed E-state index contributed by atoms with van der Waals surface area (Å²) in [4.78, 5) is 4.25. The monoisotopic (exact) mass is 189 g/mol. The maximum atomic E-state index is 4.25. The Kier molecular flexibility index (Phi) is 1.24. The molecule has 0 saturated heterocycles. The van der Waals surface area contributed by atoms with Crippen LogP contribution in [0.2, 0.25) is 0 Å². The number of aromatic nitrogens is 3. The van der Waals surface area contributed by atoms with Crippen molar-refractivity contribution in [3.63, 3.8) is 0 Å². The summed E-state index contributed by atoms with van der Waals surface area (Å²) in [6.45, 7) is 2.01. The Balaban J connectivity index is 2.66. The van der Waals surface area contributed by atoms with E-state index < -0.39 is 0 Å². The topological polar surface area (TPSA) is 41.6 Å². The number of thiazole rings is 1. The predicted octanol–water partition coefficient (Wildman–Crippen LogP) is 2.48. The van der Waals surface area contributed by atoms with Gasteiger partial charge in [0, 0.05) is 5.39 Å². The highest BCUT2D eigenvalue weighted by Crippen LogP contribution is 2.27. The first-order valence-electron chi connectivity index (χ1n) is 4.03. The van der Waals surface area contributed by atoms with Gasteiger partial charge in [-0.25, -0.2) is 4.98 Å². The van der Waals surface area contributed by atoms with Gasteiger partial charge in [0.2, 0.25) is 0 Å². The number of benzene rings is 1. The van der Waals surface area contributed by atoms with Gasteiger partial charge in [-0.2, -0.15) is 5.10 Å². The number of fused-ring (bicyclic) bond motifs is 3. The number of rotatable bonds is 0. The largest absolute Gasteiger partial charge is 0.276 e. The molecular weight excluding hydrogens is 182 g/mol. The summed E-state index contributed by atoms with van der Waals surface area (Å²) in [6, 6.07) is 4.10. The molecule has 2 aromatic heterocycles. The molecule has 0 radical (unpaired) electrons. The van der Waals surface area contributed by atoms with E-state index in [0.717, 1.165) is 16.7 Å². The Hall–Kier alpha value is -1.42. The van der Waals surface area contributed by atoms with Gasteiger partial charge in [0.05, 0.1) is 26.9 Å². The maximum absolute atomic E-state index is 4.25. The van der Waals surface area contributed by atoms with Crippen molar-refractivity contribution in [3.05, 3.63) is 23.3 Å². The molecular formula is C9H7N3S. The molecule has 64 valence electrons. The van der Waals surface area contributed by atoms with Crippen molar-refractivity contribution < 1.29 is 0 Å². The van der Waals surface area contributed by atoms with Crippen LogP contribution in [0.25, 0.3) is 21.1 Å². The van der Waals surface area contributed by atoms with E-state index in [9.17, 15) is 0 Å². The van der Waals surface area contributed by atoms with Crippen molar-refractivity contribution in [2.24, 2.45) is 0 Å². The van der Waals surface area contributed by atoms with Crippen LogP contribution >= 0.6 is 11.3 Å². The number of H-pyrrole nitrogens is 1. The Morgan fingerprint density at radius 3 is 3.23 bits per heavy atom. The highest BCUT2D eigenvalue weighted by Gasteiger charge is 2.06. The van der Waals surface area contributed by atoms with Crippen LogP contribution in [-0.4, -0.2) is 15.2 Å². The van der Waals surface area contributed by atoms with Crippen LogP contribution in [0.4, 0.5) is 0 Å². The molecule has 0 spiro atoms. The van der Waals surface area contributed by atoms with Crippen LogP contribution in [0.3, 0.4) is 0 Å². The number of nitrogens with one attached hydrogen (secondary N) is 1. The summed E-state index contributed by atoms with van der Waals surface area (Å²) in [5, 5.41) is 8.41. The molecule has 0 fully saturated rings. The molecule has 1 N–H and O–H groups in total. The average molecular weight is 189 g/mol. The van der Waals surface area contributed by atoms with Crippen molar-refractivity contribution in [3.8, 4) is 0 Å². The van der Waals surface area contributed by atoms with Gasteiger partial charge in [0.15, 0.2) is 0 Å². The number of hydrogen-bond acceptors (Lipinski definition) is 3. The van der Waals surface area contributed by atoms with Gasteiger partial charge in [-0.15, -0.1) is 11.3 Å². The fraction of sp³-hybridized carbons (Fsp3) is 0.111. The molecule has 3 nitrogen and oxygen atoms in total. The third kappa shape index (κ3) is 0.833. The van der Waals surface area contributed by atoms with E-state index in [-0.39, 0.29) is 0 Å². The zero-order valence-electron chi connectivity index (χ0n) is 7.03. The molecule has 2 heterocycles. The number of nitrogens with zero attached hydrogens (tertiary/aromatic N) is 2. The van der Waals surface area contributed by atoms with E-state index in [1.807, 2.05) is 18.5 Å². The summed E-state index contributed by atoms with van der Waals surface area (Å²) in [7, 11) is 0. The highest BCUT2D eigenvalue weighted by molar-refractivity contribution is 7.17. The lowest BCUT2D eigenvalue weighted by Crippen LogP contribution is -1.70. The molecule has 0 bridgehead atoms. The first-order chi connectivity index (χ1) is 6.36. The minimum atomic E-state index is 1.04. The highest BCUT2D eigenvalue weighted by atomic mass is 32.1. The molecule has 0 aliphatic rings. The Bertz CT molecular complexity index is 579. The van der Waals surface area contributed by atoms with Gasteiger partial charge < -0.3 is 0 Å². The molecule has 0 aliphatic carbocycles. The van der Waals surface area contributed by atoms with Crippen LogP contribution in [0, 0.1) is 6.92 Å². The van der Waals surface area contributed by atoms with Crippen molar-refractivity contribution in [2.75, 3.05) is 0 Å². The van der Waals surface area contributed by atoms with Crippen LogP contribution in [0.1, 0.15) is 5.69 Å². The SMILES string of the molecule is Cc1n[nH]c2c1ccc1ncsc12. The summed E-state index contributed by atoms with van der Waals surface area (Å²) in [5.41, 5.74) is 5.06. The Morgan fingerprint density at radius 1 is 1.38 bits per heavy atom. The van der Waals surface area contributed by atoms with Crippen molar-refractivity contribution in [2.45, 2.75) is 6.92 Å². The fourth-order valence-electron chi connectivity index (χ4n) is 1.54. The molecule has 3 aromatic rings. The molecule has 1 aromatic carbocycles. The summed E-state index contributed by atoms with van der Waals surface area (Å²) in [6.07, 6.45) is 0. The van der Waals surface area contributed by atoms with Gasteiger partial charge in [-0.1, -0.05) is 0 Å². The van der Waals surface area contributed by atoms with Gasteiger partial charge in [-0.05, 0) is 19.1 Å². The zero-order valence-corrected chi connectivity index (χ0v) is 7.85. The van der Waals surface area contributed by atoms with E-state index in [4.69, 9.17) is 0 Å². The summed E-state index contributed by atoms with van der Waals surface area (Å²) < 4.78 is 1.19. The lowest BCUT2D eigenvalue weighted by atomic mass is 10.2. The number of aryl methyl sites for hydroxylation is 1. The van der Waals surface area contributed by atoms with E-state index in [1.165, 1.54) is 10.1 Å². The quantitative estimate of drug-likeness (QED) is 0.590. The molecule has 0 amide bonds. The molecule has 0 saturated carbocycles. The molecule has 3 rings (SSSR count). The minimum Gasteiger partial charge on any atom is -0.276 e. The van der Waals surface area contributed by atoms with Crippen molar-refractivity contribution in [1.82, 2.24) is 15.2 Å². The molecule has 0 atom stereocenters. The van der Waals surface area contributed by atoms with Crippen molar-refractivity contribution >= 4 is 32.5 Å². The van der Waals surface area contributed by atoms with E-state index >= 15 is 0 Å². The second kappa shape index (κ2) is 2.29. The van der Waals surface area contributed by atoms with Gasteiger partial charge >= 0.3 is 0 Å². The third-order valence-corrected chi connectivity index (χ3v) is 3.08. The molecule has 0 aliphatic heterocycles. The molecule has 0 unspecified atom stereocenters. The van der Waals surface area contributed by atoms with Crippen molar-refractivity contribution in [1.29, 1.82) is 0 Å². The normalized spacial score (nSPS) is 11.5. The molecule has 4 heteroatoms. The first-order valence-corrected chi connectivity index (χ1v) is 4.91. The van der Waals surface area contributed by atoms with Crippen LogP contribution in [0.5, 0.6) is 0 Å². The smallest absolute Gasteiger partial charge is 0.0847 e. The summed E-state index contributed by atoms with van der Waals surface area (Å²) >= 11 is 1.65. The Morgan fingerprint density at radius 2 is 2.31 bits per heavy atom. The Labute approximate surface area is 78.4 Å². The zero-order chi connectivity index (χ0) is 8.84.